The van der Waals surface area contributed by atoms with E-state index >= 15 is 0 Å². The Morgan fingerprint density at radius 3 is 2.62 bits per heavy atom. The first-order valence-electron chi connectivity index (χ1n) is 3.81. The minimum atomic E-state index is -0.348. The lowest BCUT2D eigenvalue weighted by atomic mass is 10.2. The van der Waals surface area contributed by atoms with E-state index in [9.17, 15) is 0 Å². The van der Waals surface area contributed by atoms with Crippen molar-refractivity contribution in [2.75, 3.05) is 0 Å². The zero-order valence-corrected chi connectivity index (χ0v) is 8.32. The van der Waals surface area contributed by atoms with E-state index in [1.54, 1.807) is 24.7 Å². The summed E-state index contributed by atoms with van der Waals surface area (Å²) in [5.74, 6) is 1.37. The number of hydrogen-bond donors (Lipinski definition) is 1. The number of halogens is 1. The van der Waals surface area contributed by atoms with Crippen molar-refractivity contribution in [2.45, 2.75) is 6.04 Å². The molecule has 0 aromatic carbocycles. The van der Waals surface area contributed by atoms with Gasteiger partial charge in [0.2, 0.25) is 0 Å². The molecule has 0 bridgehead atoms. The van der Waals surface area contributed by atoms with Crippen LogP contribution in [-0.2, 0) is 0 Å². The first-order chi connectivity index (χ1) is 6.29. The number of rotatable bonds is 2. The van der Waals surface area contributed by atoms with Crippen LogP contribution in [0.15, 0.2) is 44.0 Å². The average molecular weight is 242 g/mol. The van der Waals surface area contributed by atoms with E-state index in [0.29, 0.717) is 11.5 Å². The molecule has 4 heteroatoms. The van der Waals surface area contributed by atoms with Gasteiger partial charge in [-0.1, -0.05) is 0 Å². The van der Waals surface area contributed by atoms with Crippen molar-refractivity contribution in [3.63, 3.8) is 0 Å². The zero-order valence-electron chi connectivity index (χ0n) is 6.74. The van der Waals surface area contributed by atoms with Crippen molar-refractivity contribution in [1.82, 2.24) is 0 Å². The smallest absolute Gasteiger partial charge is 0.142 e. The van der Waals surface area contributed by atoms with Gasteiger partial charge < -0.3 is 14.6 Å². The van der Waals surface area contributed by atoms with Crippen LogP contribution in [0.4, 0.5) is 0 Å². The fraction of sp³-hybridized carbons (Fsp3) is 0.111. The van der Waals surface area contributed by atoms with Gasteiger partial charge in [-0.25, -0.2) is 0 Å². The summed E-state index contributed by atoms with van der Waals surface area (Å²) in [5, 5.41) is 0. The van der Waals surface area contributed by atoms with Crippen molar-refractivity contribution in [1.29, 1.82) is 0 Å². The minimum Gasteiger partial charge on any atom is -0.467 e. The third kappa shape index (κ3) is 1.55. The van der Waals surface area contributed by atoms with Crippen LogP contribution in [0.3, 0.4) is 0 Å². The van der Waals surface area contributed by atoms with Crippen LogP contribution in [-0.4, -0.2) is 0 Å². The maximum Gasteiger partial charge on any atom is 0.142 e. The first-order valence-corrected chi connectivity index (χ1v) is 4.60. The highest BCUT2D eigenvalue weighted by molar-refractivity contribution is 9.10. The highest BCUT2D eigenvalue weighted by atomic mass is 79.9. The SMILES string of the molecule is NC(c1ccco1)c1occc1Br. The summed E-state index contributed by atoms with van der Waals surface area (Å²) in [5.41, 5.74) is 5.89. The van der Waals surface area contributed by atoms with Crippen LogP contribution in [0.2, 0.25) is 0 Å². The third-order valence-electron chi connectivity index (χ3n) is 1.78. The summed E-state index contributed by atoms with van der Waals surface area (Å²) in [6, 6.07) is 5.07. The molecule has 2 N–H and O–H groups in total. The molecule has 0 spiro atoms. The fourth-order valence-corrected chi connectivity index (χ4v) is 1.57. The van der Waals surface area contributed by atoms with Gasteiger partial charge in [0.1, 0.15) is 17.6 Å². The first kappa shape index (κ1) is 8.59. The summed E-state index contributed by atoms with van der Waals surface area (Å²) >= 11 is 3.34. The Kier molecular flexibility index (Phi) is 2.24. The van der Waals surface area contributed by atoms with Crippen LogP contribution in [0.5, 0.6) is 0 Å². The van der Waals surface area contributed by atoms with Gasteiger partial charge in [-0.05, 0) is 34.1 Å². The lowest BCUT2D eigenvalue weighted by Crippen LogP contribution is -2.10. The Hall–Kier alpha value is -1.00. The molecule has 0 aliphatic heterocycles. The van der Waals surface area contributed by atoms with Gasteiger partial charge >= 0.3 is 0 Å². The van der Waals surface area contributed by atoms with Crippen LogP contribution >= 0.6 is 15.9 Å². The molecule has 2 heterocycles. The molecule has 2 aromatic heterocycles. The molecule has 1 atom stereocenters. The zero-order chi connectivity index (χ0) is 9.26. The van der Waals surface area contributed by atoms with E-state index in [4.69, 9.17) is 14.6 Å². The summed E-state index contributed by atoms with van der Waals surface area (Å²) in [7, 11) is 0. The summed E-state index contributed by atoms with van der Waals surface area (Å²) in [6.07, 6.45) is 3.17. The van der Waals surface area contributed by atoms with Gasteiger partial charge in [-0.3, -0.25) is 0 Å². The predicted octanol–water partition coefficient (Wildman–Crippen LogP) is 2.68. The van der Waals surface area contributed by atoms with Crippen LogP contribution in [0.25, 0.3) is 0 Å². The summed E-state index contributed by atoms with van der Waals surface area (Å²) < 4.78 is 11.2. The molecular weight excluding hydrogens is 234 g/mol. The van der Waals surface area contributed by atoms with Gasteiger partial charge in [-0.15, -0.1) is 0 Å². The highest BCUT2D eigenvalue weighted by Crippen LogP contribution is 2.27. The molecule has 2 rings (SSSR count). The maximum atomic E-state index is 5.89. The molecule has 0 radical (unpaired) electrons. The average Bonchev–Trinajstić information content (AvgIpc) is 2.72. The van der Waals surface area contributed by atoms with Gasteiger partial charge in [0.25, 0.3) is 0 Å². The molecule has 2 aromatic rings. The van der Waals surface area contributed by atoms with E-state index in [-0.39, 0.29) is 6.04 Å². The Morgan fingerprint density at radius 1 is 1.23 bits per heavy atom. The van der Waals surface area contributed by atoms with E-state index < -0.39 is 0 Å². The minimum absolute atomic E-state index is 0.348. The van der Waals surface area contributed by atoms with Crippen molar-refractivity contribution in [2.24, 2.45) is 5.73 Å². The van der Waals surface area contributed by atoms with Crippen LogP contribution in [0.1, 0.15) is 17.6 Å². The van der Waals surface area contributed by atoms with Gasteiger partial charge in [0.15, 0.2) is 0 Å². The van der Waals surface area contributed by atoms with E-state index in [1.165, 1.54) is 0 Å². The molecule has 0 amide bonds. The number of furan rings is 2. The molecule has 0 saturated heterocycles. The lowest BCUT2D eigenvalue weighted by Gasteiger charge is -2.04. The molecule has 0 saturated carbocycles. The molecular formula is C9H8BrNO2. The molecule has 1 unspecified atom stereocenters. The second-order valence-corrected chi connectivity index (χ2v) is 3.48. The van der Waals surface area contributed by atoms with E-state index in [0.717, 1.165) is 4.47 Å². The molecule has 0 aliphatic carbocycles. The van der Waals surface area contributed by atoms with Gasteiger partial charge in [-0.2, -0.15) is 0 Å². The van der Waals surface area contributed by atoms with Gasteiger partial charge in [0, 0.05) is 0 Å². The van der Waals surface area contributed by atoms with E-state index in [1.807, 2.05) is 6.07 Å². The van der Waals surface area contributed by atoms with Crippen molar-refractivity contribution in [3.05, 3.63) is 46.7 Å². The van der Waals surface area contributed by atoms with Crippen molar-refractivity contribution in [3.8, 4) is 0 Å². The third-order valence-corrected chi connectivity index (χ3v) is 2.43. The van der Waals surface area contributed by atoms with Crippen molar-refractivity contribution < 1.29 is 8.83 Å². The Bertz CT molecular complexity index is 380. The molecule has 3 nitrogen and oxygen atoms in total. The highest BCUT2D eigenvalue weighted by Gasteiger charge is 2.17. The molecule has 13 heavy (non-hydrogen) atoms. The topological polar surface area (TPSA) is 52.3 Å². The normalized spacial score (nSPS) is 13.1. The predicted molar refractivity (Wildman–Crippen MR) is 51.1 cm³/mol. The summed E-state index contributed by atoms with van der Waals surface area (Å²) in [4.78, 5) is 0. The fourth-order valence-electron chi connectivity index (χ4n) is 1.12. The molecule has 68 valence electrons. The second kappa shape index (κ2) is 3.40. The second-order valence-electron chi connectivity index (χ2n) is 2.63. The Morgan fingerprint density at radius 2 is 2.08 bits per heavy atom. The van der Waals surface area contributed by atoms with Gasteiger partial charge in [0.05, 0.1) is 17.0 Å². The van der Waals surface area contributed by atoms with Crippen LogP contribution < -0.4 is 5.73 Å². The van der Waals surface area contributed by atoms with Crippen molar-refractivity contribution >= 4 is 15.9 Å². The van der Waals surface area contributed by atoms with Crippen LogP contribution in [0, 0.1) is 0 Å². The summed E-state index contributed by atoms with van der Waals surface area (Å²) in [6.45, 7) is 0. The standard InChI is InChI=1S/C9H8BrNO2/c10-6-3-5-13-9(6)8(11)7-2-1-4-12-7/h1-5,8H,11H2. The lowest BCUT2D eigenvalue weighted by molar-refractivity contribution is 0.430. The quantitative estimate of drug-likeness (QED) is 0.880. The number of nitrogens with two attached hydrogens (primary N) is 1. The largest absolute Gasteiger partial charge is 0.467 e. The maximum absolute atomic E-state index is 5.89. The van der Waals surface area contributed by atoms with E-state index in [2.05, 4.69) is 15.9 Å². The monoisotopic (exact) mass is 241 g/mol. The molecule has 0 fully saturated rings. The Balaban J connectivity index is 2.33. The number of hydrogen-bond acceptors (Lipinski definition) is 3. The Labute approximate surface area is 83.6 Å². The molecule has 0 aliphatic rings.